The van der Waals surface area contributed by atoms with Crippen molar-refractivity contribution >= 4 is 0 Å². The van der Waals surface area contributed by atoms with E-state index in [4.69, 9.17) is 9.47 Å². The van der Waals surface area contributed by atoms with Gasteiger partial charge in [0.25, 0.3) is 0 Å². The van der Waals surface area contributed by atoms with Crippen LogP contribution in [0.2, 0.25) is 0 Å². The van der Waals surface area contributed by atoms with Gasteiger partial charge in [-0.25, -0.2) is 0 Å². The lowest BCUT2D eigenvalue weighted by Gasteiger charge is -2.20. The van der Waals surface area contributed by atoms with Crippen LogP contribution in [0.15, 0.2) is 12.2 Å². The van der Waals surface area contributed by atoms with Crippen molar-refractivity contribution in [2.24, 2.45) is 0 Å². The quantitative estimate of drug-likeness (QED) is 0.0962. The molecule has 0 N–H and O–H groups in total. The maximum atomic E-state index is 6.24. The van der Waals surface area contributed by atoms with E-state index in [0.717, 1.165) is 26.3 Å². The zero-order valence-electron chi connectivity index (χ0n) is 23.5. The van der Waals surface area contributed by atoms with Gasteiger partial charge in [-0.05, 0) is 45.6 Å². The summed E-state index contributed by atoms with van der Waals surface area (Å²) in [7, 11) is 2.19. The predicted octanol–water partition coefficient (Wildman–Crippen LogP) is 9.10. The summed E-state index contributed by atoms with van der Waals surface area (Å²) < 4.78 is 12.4. The van der Waals surface area contributed by atoms with Crippen LogP contribution >= 0.6 is 0 Å². The maximum absolute atomic E-state index is 6.24. The number of likely N-dealkylation sites (tertiary alicyclic amines) is 1. The fraction of sp³-hybridized carbons (Fsp3) is 0.935. The van der Waals surface area contributed by atoms with Crippen molar-refractivity contribution in [1.82, 2.24) is 4.90 Å². The van der Waals surface area contributed by atoms with Gasteiger partial charge < -0.3 is 14.4 Å². The first kappa shape index (κ1) is 31.6. The van der Waals surface area contributed by atoms with Crippen molar-refractivity contribution in [3.8, 4) is 0 Å². The summed E-state index contributed by atoms with van der Waals surface area (Å²) in [5.41, 5.74) is 0. The molecule has 0 bridgehead atoms. The largest absolute Gasteiger partial charge is 0.374 e. The molecule has 34 heavy (non-hydrogen) atoms. The molecule has 3 nitrogen and oxygen atoms in total. The Morgan fingerprint density at radius 2 is 0.882 bits per heavy atom. The summed E-state index contributed by atoms with van der Waals surface area (Å²) >= 11 is 0. The van der Waals surface area contributed by atoms with Crippen LogP contribution in [0.3, 0.4) is 0 Å². The van der Waals surface area contributed by atoms with Crippen LogP contribution in [-0.2, 0) is 9.47 Å². The topological polar surface area (TPSA) is 21.7 Å². The average Bonchev–Trinajstić information content (AvgIpc) is 3.19. The molecule has 3 heteroatoms. The molecule has 0 saturated carbocycles. The Morgan fingerprint density at radius 3 is 1.35 bits per heavy atom. The highest BCUT2D eigenvalue weighted by Crippen LogP contribution is 2.17. The molecule has 0 spiro atoms. The zero-order chi connectivity index (χ0) is 24.5. The smallest absolute Gasteiger partial charge is 0.0975 e. The van der Waals surface area contributed by atoms with Crippen LogP contribution in [0.25, 0.3) is 0 Å². The van der Waals surface area contributed by atoms with E-state index in [-0.39, 0.29) is 12.2 Å². The number of likely N-dealkylation sites (N-methyl/N-ethyl adjacent to an activating group) is 1. The Balaban J connectivity index is 1.87. The molecule has 1 fully saturated rings. The van der Waals surface area contributed by atoms with Gasteiger partial charge in [-0.15, -0.1) is 0 Å². The fourth-order valence-electron chi connectivity index (χ4n) is 4.95. The van der Waals surface area contributed by atoms with Crippen LogP contribution in [-0.4, -0.2) is 50.5 Å². The second kappa shape index (κ2) is 24.3. The number of hydrogen-bond donors (Lipinski definition) is 0. The SMILES string of the molecule is CCCCC/C=C/CCCCCCCCCCCOC1CN(C)CC1OCCCCCCCC. The fourth-order valence-corrected chi connectivity index (χ4v) is 4.95. The summed E-state index contributed by atoms with van der Waals surface area (Å²) in [4.78, 5) is 2.36. The van der Waals surface area contributed by atoms with E-state index in [0.29, 0.717) is 0 Å². The number of nitrogens with zero attached hydrogens (tertiary/aromatic N) is 1. The minimum Gasteiger partial charge on any atom is -0.374 e. The summed E-state index contributed by atoms with van der Waals surface area (Å²) in [6.45, 7) is 8.40. The monoisotopic (exact) mass is 479 g/mol. The summed E-state index contributed by atoms with van der Waals surface area (Å²) in [6.07, 6.45) is 32.3. The molecule has 0 radical (unpaired) electrons. The van der Waals surface area contributed by atoms with Gasteiger partial charge in [0, 0.05) is 26.3 Å². The maximum Gasteiger partial charge on any atom is 0.0975 e. The Hall–Kier alpha value is -0.380. The second-order valence-corrected chi connectivity index (χ2v) is 10.7. The molecular weight excluding hydrogens is 418 g/mol. The third-order valence-corrected chi connectivity index (χ3v) is 7.22. The lowest BCUT2D eigenvalue weighted by Crippen LogP contribution is -2.30. The molecule has 0 aliphatic carbocycles. The molecule has 0 amide bonds. The lowest BCUT2D eigenvalue weighted by atomic mass is 10.1. The van der Waals surface area contributed by atoms with Crippen LogP contribution in [0.5, 0.6) is 0 Å². The molecule has 1 aliphatic rings. The average molecular weight is 480 g/mol. The Kier molecular flexibility index (Phi) is 22.6. The minimum absolute atomic E-state index is 0.274. The molecular formula is C31H61NO2. The predicted molar refractivity (Wildman–Crippen MR) is 150 cm³/mol. The first-order valence-electron chi connectivity index (χ1n) is 15.3. The number of unbranched alkanes of at least 4 members (excludes halogenated alkanes) is 17. The molecule has 0 aromatic heterocycles. The highest BCUT2D eigenvalue weighted by atomic mass is 16.5. The number of allylic oxidation sites excluding steroid dienone is 2. The van der Waals surface area contributed by atoms with Crippen molar-refractivity contribution in [3.05, 3.63) is 12.2 Å². The Labute approximate surface area is 214 Å². The highest BCUT2D eigenvalue weighted by molar-refractivity contribution is 4.84. The van der Waals surface area contributed by atoms with Crippen molar-refractivity contribution < 1.29 is 9.47 Å². The molecule has 0 aromatic carbocycles. The van der Waals surface area contributed by atoms with Gasteiger partial charge in [0.15, 0.2) is 0 Å². The number of hydrogen-bond acceptors (Lipinski definition) is 3. The van der Waals surface area contributed by atoms with Crippen LogP contribution < -0.4 is 0 Å². The summed E-state index contributed by atoms with van der Waals surface area (Å²) in [5, 5.41) is 0. The van der Waals surface area contributed by atoms with E-state index in [2.05, 4.69) is 37.9 Å². The van der Waals surface area contributed by atoms with E-state index in [9.17, 15) is 0 Å². The van der Waals surface area contributed by atoms with Gasteiger partial charge >= 0.3 is 0 Å². The van der Waals surface area contributed by atoms with Crippen LogP contribution in [0.1, 0.15) is 142 Å². The Morgan fingerprint density at radius 1 is 0.529 bits per heavy atom. The van der Waals surface area contributed by atoms with Crippen molar-refractivity contribution in [2.45, 2.75) is 154 Å². The first-order valence-corrected chi connectivity index (χ1v) is 15.3. The molecule has 1 saturated heterocycles. The molecule has 0 aromatic rings. The normalized spacial score (nSPS) is 19.0. The van der Waals surface area contributed by atoms with E-state index in [1.807, 2.05) is 0 Å². The summed E-state index contributed by atoms with van der Waals surface area (Å²) in [6, 6.07) is 0. The van der Waals surface area contributed by atoms with Crippen molar-refractivity contribution in [1.29, 1.82) is 0 Å². The first-order chi connectivity index (χ1) is 16.8. The van der Waals surface area contributed by atoms with Gasteiger partial charge in [-0.3, -0.25) is 0 Å². The third kappa shape index (κ3) is 18.9. The molecule has 1 rings (SSSR count). The molecule has 2 unspecified atom stereocenters. The zero-order valence-corrected chi connectivity index (χ0v) is 23.5. The van der Waals surface area contributed by atoms with E-state index >= 15 is 0 Å². The van der Waals surface area contributed by atoms with E-state index in [1.54, 1.807) is 0 Å². The van der Waals surface area contributed by atoms with Gasteiger partial charge in [0.1, 0.15) is 0 Å². The van der Waals surface area contributed by atoms with Crippen LogP contribution in [0, 0.1) is 0 Å². The van der Waals surface area contributed by atoms with Crippen molar-refractivity contribution in [3.63, 3.8) is 0 Å². The number of rotatable bonds is 25. The van der Waals surface area contributed by atoms with Gasteiger partial charge in [0.05, 0.1) is 12.2 Å². The molecule has 202 valence electrons. The minimum atomic E-state index is 0.274. The number of ether oxygens (including phenoxy) is 2. The molecule has 2 atom stereocenters. The van der Waals surface area contributed by atoms with Gasteiger partial charge in [0.2, 0.25) is 0 Å². The standard InChI is InChI=1S/C31H61NO2/c1-4-6-8-10-12-13-14-15-16-17-18-19-20-21-23-25-27-34-31-29-32(3)28-30(31)33-26-24-22-11-9-7-5-2/h12-13,30-31H,4-11,14-29H2,1-3H3/b13-12+. The molecule has 1 heterocycles. The Bertz CT molecular complexity index is 439. The summed E-state index contributed by atoms with van der Waals surface area (Å²) in [5.74, 6) is 0. The third-order valence-electron chi connectivity index (χ3n) is 7.22. The van der Waals surface area contributed by atoms with Gasteiger partial charge in [-0.2, -0.15) is 0 Å². The van der Waals surface area contributed by atoms with E-state index in [1.165, 1.54) is 128 Å². The van der Waals surface area contributed by atoms with E-state index < -0.39 is 0 Å². The lowest BCUT2D eigenvalue weighted by molar-refractivity contribution is -0.0481. The van der Waals surface area contributed by atoms with Crippen molar-refractivity contribution in [2.75, 3.05) is 33.4 Å². The van der Waals surface area contributed by atoms with Gasteiger partial charge in [-0.1, -0.05) is 116 Å². The second-order valence-electron chi connectivity index (χ2n) is 10.7. The van der Waals surface area contributed by atoms with Crippen LogP contribution in [0.4, 0.5) is 0 Å². The highest BCUT2D eigenvalue weighted by Gasteiger charge is 2.32. The molecule has 1 aliphatic heterocycles.